The number of allylic oxidation sites excluding steroid dienone is 2. The molecule has 9 nitrogen and oxygen atoms in total. The molecule has 1 fully saturated rings. The van der Waals surface area contributed by atoms with Crippen LogP contribution in [0.3, 0.4) is 0 Å². The summed E-state index contributed by atoms with van der Waals surface area (Å²) in [7, 11) is 0. The fraction of sp³-hybridized carbons (Fsp3) is 0.950. The van der Waals surface area contributed by atoms with Gasteiger partial charge in [-0.25, -0.2) is 0 Å². The van der Waals surface area contributed by atoms with Crippen molar-refractivity contribution in [1.29, 1.82) is 0 Å². The van der Waals surface area contributed by atoms with Crippen molar-refractivity contribution in [2.45, 2.75) is 352 Å². The Morgan fingerprint density at radius 1 is 0.478 bits per heavy atom. The third-order valence-electron chi connectivity index (χ3n) is 14.9. The summed E-state index contributed by atoms with van der Waals surface area (Å²) in [5.74, 6) is -0.138. The van der Waals surface area contributed by atoms with E-state index in [1.807, 2.05) is 0 Å². The molecule has 0 aromatic carbocycles. The van der Waals surface area contributed by atoms with Crippen LogP contribution in [-0.2, 0) is 14.3 Å². The lowest BCUT2D eigenvalue weighted by molar-refractivity contribution is -0.302. The molecule has 0 aromatic heterocycles. The molecule has 1 aliphatic rings. The molecule has 0 bridgehead atoms. The lowest BCUT2D eigenvalue weighted by Crippen LogP contribution is -2.60. The second kappa shape index (κ2) is 50.5. The maximum absolute atomic E-state index is 13.1. The summed E-state index contributed by atoms with van der Waals surface area (Å²) >= 11 is 0. The Bertz CT molecular complexity index is 1090. The second-order valence-electron chi connectivity index (χ2n) is 21.5. The van der Waals surface area contributed by atoms with Crippen LogP contribution in [0, 0.1) is 0 Å². The van der Waals surface area contributed by atoms with Gasteiger partial charge in [-0.1, -0.05) is 276 Å². The van der Waals surface area contributed by atoms with Crippen molar-refractivity contribution in [2.75, 3.05) is 13.2 Å². The van der Waals surface area contributed by atoms with Crippen LogP contribution in [0.1, 0.15) is 309 Å². The fourth-order valence-corrected chi connectivity index (χ4v) is 10.0. The first-order valence-corrected chi connectivity index (χ1v) is 30.4. The summed E-state index contributed by atoms with van der Waals surface area (Å²) in [6.07, 6.45) is 55.5. The molecule has 0 spiro atoms. The number of amides is 1. The van der Waals surface area contributed by atoms with E-state index in [9.17, 15) is 30.3 Å². The van der Waals surface area contributed by atoms with Gasteiger partial charge in [-0.15, -0.1) is 0 Å². The third kappa shape index (κ3) is 40.1. The van der Waals surface area contributed by atoms with Crippen molar-refractivity contribution >= 4 is 5.91 Å². The number of aliphatic hydroxyl groups is 5. The number of unbranched alkanes of at least 4 members (excludes halogenated alkanes) is 41. The first kappa shape index (κ1) is 65.9. The van der Waals surface area contributed by atoms with E-state index in [0.29, 0.717) is 12.8 Å². The predicted molar refractivity (Wildman–Crippen MR) is 291 cm³/mol. The van der Waals surface area contributed by atoms with E-state index in [4.69, 9.17) is 9.47 Å². The van der Waals surface area contributed by atoms with Crippen molar-refractivity contribution in [3.8, 4) is 0 Å². The monoisotopic (exact) mass is 980 g/mol. The van der Waals surface area contributed by atoms with Crippen molar-refractivity contribution in [2.24, 2.45) is 0 Å². The first-order valence-electron chi connectivity index (χ1n) is 30.4. The largest absolute Gasteiger partial charge is 0.394 e. The van der Waals surface area contributed by atoms with Gasteiger partial charge in [0, 0.05) is 6.42 Å². The molecule has 6 N–H and O–H groups in total. The highest BCUT2D eigenvalue weighted by molar-refractivity contribution is 5.76. The summed E-state index contributed by atoms with van der Waals surface area (Å²) in [6.45, 7) is 3.86. The minimum absolute atomic E-state index is 0.132. The molecule has 0 aliphatic carbocycles. The number of hydrogen-bond acceptors (Lipinski definition) is 8. The molecule has 410 valence electrons. The zero-order chi connectivity index (χ0) is 50.1. The third-order valence-corrected chi connectivity index (χ3v) is 14.9. The van der Waals surface area contributed by atoms with Crippen LogP contribution in [0.5, 0.6) is 0 Å². The first-order chi connectivity index (χ1) is 33.8. The molecule has 0 saturated carbocycles. The quantitative estimate of drug-likeness (QED) is 0.0261. The van der Waals surface area contributed by atoms with Gasteiger partial charge < -0.3 is 40.3 Å². The summed E-state index contributed by atoms with van der Waals surface area (Å²) in [5, 5.41) is 54.6. The molecule has 69 heavy (non-hydrogen) atoms. The number of hydrogen-bond donors (Lipinski definition) is 6. The lowest BCUT2D eigenvalue weighted by Gasteiger charge is -2.40. The second-order valence-corrected chi connectivity index (χ2v) is 21.5. The van der Waals surface area contributed by atoms with Crippen LogP contribution in [0.25, 0.3) is 0 Å². The van der Waals surface area contributed by atoms with E-state index < -0.39 is 49.5 Å². The van der Waals surface area contributed by atoms with E-state index >= 15 is 0 Å². The van der Waals surface area contributed by atoms with Gasteiger partial charge in [-0.05, 0) is 38.5 Å². The van der Waals surface area contributed by atoms with E-state index in [-0.39, 0.29) is 12.5 Å². The van der Waals surface area contributed by atoms with Gasteiger partial charge >= 0.3 is 0 Å². The number of carbonyl (C=O) groups is 1. The van der Waals surface area contributed by atoms with Gasteiger partial charge in [0.1, 0.15) is 24.4 Å². The van der Waals surface area contributed by atoms with E-state index in [1.165, 1.54) is 244 Å². The molecule has 1 aliphatic heterocycles. The number of ether oxygens (including phenoxy) is 2. The van der Waals surface area contributed by atoms with E-state index in [1.54, 1.807) is 0 Å². The molecule has 1 rings (SSSR count). The normalized spacial score (nSPS) is 19.4. The Labute approximate surface area is 426 Å². The highest BCUT2D eigenvalue weighted by Gasteiger charge is 2.44. The topological polar surface area (TPSA) is 149 Å². The number of nitrogens with one attached hydrogen (secondary N) is 1. The predicted octanol–water partition coefficient (Wildman–Crippen LogP) is 15.2. The molecular weight excluding hydrogens is 863 g/mol. The fourth-order valence-electron chi connectivity index (χ4n) is 10.0. The lowest BCUT2D eigenvalue weighted by atomic mass is 9.99. The van der Waals surface area contributed by atoms with Crippen molar-refractivity contribution < 1.29 is 39.8 Å². The van der Waals surface area contributed by atoms with Crippen LogP contribution in [0.4, 0.5) is 0 Å². The summed E-state index contributed by atoms with van der Waals surface area (Å²) < 4.78 is 11.3. The number of rotatable bonds is 53. The van der Waals surface area contributed by atoms with Crippen molar-refractivity contribution in [1.82, 2.24) is 5.32 Å². The highest BCUT2D eigenvalue weighted by atomic mass is 16.7. The minimum atomic E-state index is -1.55. The Kier molecular flexibility index (Phi) is 48.2. The maximum atomic E-state index is 13.1. The average Bonchev–Trinajstić information content (AvgIpc) is 3.35. The van der Waals surface area contributed by atoms with Gasteiger partial charge in [0.25, 0.3) is 0 Å². The molecule has 9 heteroatoms. The maximum Gasteiger partial charge on any atom is 0.220 e. The van der Waals surface area contributed by atoms with E-state index in [0.717, 1.165) is 38.5 Å². The zero-order valence-electron chi connectivity index (χ0n) is 45.6. The van der Waals surface area contributed by atoms with Crippen LogP contribution < -0.4 is 5.32 Å². The molecule has 1 saturated heterocycles. The molecule has 7 atom stereocenters. The molecule has 0 aromatic rings. The smallest absolute Gasteiger partial charge is 0.220 e. The molecule has 7 unspecified atom stereocenters. The van der Waals surface area contributed by atoms with E-state index in [2.05, 4.69) is 31.3 Å². The number of carbonyl (C=O) groups excluding carboxylic acids is 1. The summed E-state index contributed by atoms with van der Waals surface area (Å²) in [5.41, 5.74) is 0. The minimum Gasteiger partial charge on any atom is -0.394 e. The van der Waals surface area contributed by atoms with Gasteiger partial charge in [0.2, 0.25) is 5.91 Å². The Morgan fingerprint density at radius 3 is 1.17 bits per heavy atom. The molecule has 1 heterocycles. The van der Waals surface area contributed by atoms with Gasteiger partial charge in [-0.2, -0.15) is 0 Å². The van der Waals surface area contributed by atoms with Crippen LogP contribution in [0.2, 0.25) is 0 Å². The van der Waals surface area contributed by atoms with Gasteiger partial charge in [-0.3, -0.25) is 4.79 Å². The summed E-state index contributed by atoms with van der Waals surface area (Å²) in [4.78, 5) is 13.1. The Morgan fingerprint density at radius 2 is 0.812 bits per heavy atom. The van der Waals surface area contributed by atoms with Crippen LogP contribution in [-0.4, -0.2) is 87.5 Å². The van der Waals surface area contributed by atoms with Crippen LogP contribution >= 0.6 is 0 Å². The molecule has 0 radical (unpaired) electrons. The molecular formula is C60H117NO8. The summed E-state index contributed by atoms with van der Waals surface area (Å²) in [6, 6.07) is -0.714. The zero-order valence-corrected chi connectivity index (χ0v) is 45.6. The Balaban J connectivity index is 2.07. The van der Waals surface area contributed by atoms with Crippen molar-refractivity contribution in [3.63, 3.8) is 0 Å². The average molecular weight is 981 g/mol. The van der Waals surface area contributed by atoms with Crippen LogP contribution in [0.15, 0.2) is 12.2 Å². The van der Waals surface area contributed by atoms with Crippen molar-refractivity contribution in [3.05, 3.63) is 12.2 Å². The highest BCUT2D eigenvalue weighted by Crippen LogP contribution is 2.23. The SMILES string of the molecule is CCCCCCCCCC/C=C\CCCCCCCCCCCCCCCCCCCCCCCC(=O)NC(COC1OC(CO)C(O)C(O)C1O)C(O)CCCCCCCCCCCCCCC. The number of aliphatic hydroxyl groups excluding tert-OH is 5. The van der Waals surface area contributed by atoms with Gasteiger partial charge in [0.15, 0.2) is 6.29 Å². The molecule has 1 amide bonds. The van der Waals surface area contributed by atoms with Gasteiger partial charge in [0.05, 0.1) is 25.4 Å². The standard InChI is InChI=1S/C60H117NO8/c1-3-5-7-9-11-13-15-17-18-19-20-21-22-23-24-25-26-27-28-29-30-31-32-33-34-35-36-38-40-42-44-46-48-50-56(64)61-53(52-68-60-59(67)58(66)57(65)55(51-62)69-60)54(63)49-47-45-43-41-39-37-16-14-12-10-8-6-4-2/h19-20,53-55,57-60,62-63,65-67H,3-18,21-52H2,1-2H3,(H,61,64)/b20-19-. The Hall–Kier alpha value is -1.07.